The van der Waals surface area contributed by atoms with Crippen molar-refractivity contribution in [1.29, 1.82) is 0 Å². The average molecular weight is 505 g/mol. The van der Waals surface area contributed by atoms with Crippen molar-refractivity contribution < 1.29 is 37.1 Å². The van der Waals surface area contributed by atoms with E-state index < -0.39 is 20.9 Å². The van der Waals surface area contributed by atoms with E-state index in [1.54, 1.807) is 42.5 Å². The number of hydrogen-bond acceptors (Lipinski definition) is 8. The zero-order valence-corrected chi connectivity index (χ0v) is 22.2. The van der Waals surface area contributed by atoms with E-state index in [1.165, 1.54) is 14.2 Å². The summed E-state index contributed by atoms with van der Waals surface area (Å²) < 4.78 is 34.0. The lowest BCUT2D eigenvalue weighted by molar-refractivity contribution is -0.147. The van der Waals surface area contributed by atoms with Crippen molar-refractivity contribution in [2.75, 3.05) is 34.0 Å². The van der Waals surface area contributed by atoms with Crippen molar-refractivity contribution in [2.24, 2.45) is 0 Å². The van der Waals surface area contributed by atoms with Crippen molar-refractivity contribution in [3.8, 4) is 11.5 Å². The second-order valence-corrected chi connectivity index (χ2v) is 10.3. The number of ketones is 1. The first kappa shape index (κ1) is 28.5. The molecule has 0 radical (unpaired) electrons. The summed E-state index contributed by atoms with van der Waals surface area (Å²) in [4.78, 5) is 26.2. The van der Waals surface area contributed by atoms with Crippen LogP contribution in [0.4, 0.5) is 0 Å². The molecule has 2 aromatic rings. The van der Waals surface area contributed by atoms with Crippen LogP contribution in [0, 0.1) is 0 Å². The van der Waals surface area contributed by atoms with Crippen LogP contribution in [0.1, 0.15) is 55.6 Å². The highest BCUT2D eigenvalue weighted by Gasteiger charge is 2.40. The van der Waals surface area contributed by atoms with Crippen LogP contribution in [0.25, 0.3) is 0 Å². The van der Waals surface area contributed by atoms with Gasteiger partial charge in [-0.15, -0.1) is 0 Å². The molecule has 192 valence electrons. The zero-order chi connectivity index (χ0) is 25.7. The molecule has 0 aliphatic rings. The first-order valence-corrected chi connectivity index (χ1v) is 13.8. The highest BCUT2D eigenvalue weighted by atomic mass is 28.4. The fraction of sp³-hybridized carbons (Fsp3) is 0.462. The minimum Gasteiger partial charge on any atom is -0.497 e. The molecule has 0 bridgehead atoms. The van der Waals surface area contributed by atoms with Gasteiger partial charge in [0, 0.05) is 49.5 Å². The summed E-state index contributed by atoms with van der Waals surface area (Å²) in [6, 6.07) is 14.2. The number of ether oxygens (including phenoxy) is 3. The smallest absolute Gasteiger partial charge is 0.497 e. The third kappa shape index (κ3) is 8.46. The van der Waals surface area contributed by atoms with E-state index in [-0.39, 0.29) is 12.2 Å². The number of methoxy groups -OCH3 is 2. The van der Waals surface area contributed by atoms with Gasteiger partial charge in [0.15, 0.2) is 6.10 Å². The molecular weight excluding hydrogens is 468 g/mol. The van der Waals surface area contributed by atoms with Gasteiger partial charge in [0.2, 0.25) is 5.78 Å². The number of esters is 1. The van der Waals surface area contributed by atoms with Crippen LogP contribution in [-0.4, -0.2) is 54.6 Å². The van der Waals surface area contributed by atoms with Gasteiger partial charge in [0.05, 0.1) is 14.2 Å². The lowest BCUT2D eigenvalue weighted by Gasteiger charge is -2.28. The Kier molecular flexibility index (Phi) is 11.9. The lowest BCUT2D eigenvalue weighted by atomic mass is 9.99. The van der Waals surface area contributed by atoms with Gasteiger partial charge in [0.25, 0.3) is 0 Å². The third-order valence-corrected chi connectivity index (χ3v) is 8.33. The minimum absolute atomic E-state index is 0.0850. The molecule has 9 heteroatoms. The summed E-state index contributed by atoms with van der Waals surface area (Å²) >= 11 is 0. The van der Waals surface area contributed by atoms with Crippen LogP contribution in [-0.2, 0) is 22.8 Å². The molecule has 0 heterocycles. The van der Waals surface area contributed by atoms with Crippen molar-refractivity contribution in [3.05, 3.63) is 59.7 Å². The molecule has 0 aliphatic carbocycles. The van der Waals surface area contributed by atoms with Crippen LogP contribution in [0.2, 0.25) is 6.04 Å². The molecule has 0 fully saturated rings. The van der Waals surface area contributed by atoms with Crippen molar-refractivity contribution >= 4 is 20.6 Å². The molecule has 0 amide bonds. The fourth-order valence-electron chi connectivity index (χ4n) is 3.65. The van der Waals surface area contributed by atoms with Crippen LogP contribution >= 0.6 is 0 Å². The molecule has 35 heavy (non-hydrogen) atoms. The summed E-state index contributed by atoms with van der Waals surface area (Å²) in [5.74, 6) is 0.133. The van der Waals surface area contributed by atoms with Gasteiger partial charge in [-0.1, -0.05) is 30.3 Å². The number of carbonyl (C=O) groups excluding carboxylic acids is 2. The predicted octanol–water partition coefficient (Wildman–Crippen LogP) is 5.00. The highest BCUT2D eigenvalue weighted by molar-refractivity contribution is 6.60. The lowest BCUT2D eigenvalue weighted by Crippen LogP contribution is -2.46. The van der Waals surface area contributed by atoms with E-state index in [2.05, 4.69) is 0 Å². The third-order valence-electron chi connectivity index (χ3n) is 5.18. The van der Waals surface area contributed by atoms with Gasteiger partial charge < -0.3 is 27.5 Å². The molecule has 1 unspecified atom stereocenters. The van der Waals surface area contributed by atoms with Crippen LogP contribution in [0.15, 0.2) is 48.5 Å². The van der Waals surface area contributed by atoms with E-state index in [9.17, 15) is 9.59 Å². The maximum absolute atomic E-state index is 13.4. The maximum Gasteiger partial charge on any atom is 0.500 e. The molecular formula is C26H36O8Si. The molecule has 0 saturated heterocycles. The summed E-state index contributed by atoms with van der Waals surface area (Å²) in [6.07, 6.45) is -0.623. The van der Waals surface area contributed by atoms with Gasteiger partial charge in [-0.3, -0.25) is 9.59 Å². The maximum atomic E-state index is 13.4. The van der Waals surface area contributed by atoms with E-state index >= 15 is 0 Å². The summed E-state index contributed by atoms with van der Waals surface area (Å²) in [7, 11) is 0.162. The number of benzene rings is 2. The second-order valence-electron chi connectivity index (χ2n) is 7.58. The number of rotatable bonds is 16. The highest BCUT2D eigenvalue weighted by Crippen LogP contribution is 2.31. The van der Waals surface area contributed by atoms with Crippen LogP contribution in [0.5, 0.6) is 11.5 Å². The standard InChI is InChI=1S/C26H36O8Si/c1-6-31-35(32-7-2,33-8-3)16-12-15-24(27)34-26(25(28)20-13-10-9-11-14-20)21-17-22(29-4)19-23(18-21)30-5/h9-11,13-14,17-19,26H,6-8,12,15-16H2,1-5H3. The molecule has 0 aliphatic heterocycles. The first-order valence-electron chi connectivity index (χ1n) is 11.8. The van der Waals surface area contributed by atoms with E-state index in [0.29, 0.717) is 54.9 Å². The fourth-order valence-corrected chi connectivity index (χ4v) is 6.26. The van der Waals surface area contributed by atoms with Crippen molar-refractivity contribution in [2.45, 2.75) is 45.8 Å². The minimum atomic E-state index is -2.87. The van der Waals surface area contributed by atoms with E-state index in [0.717, 1.165) is 0 Å². The molecule has 0 aromatic heterocycles. The summed E-state index contributed by atoms with van der Waals surface area (Å²) in [5.41, 5.74) is 0.896. The van der Waals surface area contributed by atoms with E-state index in [4.69, 9.17) is 27.5 Å². The average Bonchev–Trinajstić information content (AvgIpc) is 2.87. The molecule has 1 atom stereocenters. The zero-order valence-electron chi connectivity index (χ0n) is 21.2. The van der Waals surface area contributed by atoms with Gasteiger partial charge in [0.1, 0.15) is 11.5 Å². The Balaban J connectivity index is 2.22. The molecule has 2 rings (SSSR count). The Labute approximate surface area is 208 Å². The molecule has 0 N–H and O–H groups in total. The monoisotopic (exact) mass is 504 g/mol. The first-order chi connectivity index (χ1) is 16.9. The molecule has 0 saturated carbocycles. The quantitative estimate of drug-likeness (QED) is 0.179. The number of Topliss-reactive ketones (excluding diaryl/α,β-unsaturated/α-hetero) is 1. The van der Waals surface area contributed by atoms with E-state index in [1.807, 2.05) is 26.8 Å². The van der Waals surface area contributed by atoms with Gasteiger partial charge in [-0.2, -0.15) is 0 Å². The molecule has 0 spiro atoms. The Bertz CT molecular complexity index is 895. The van der Waals surface area contributed by atoms with Crippen LogP contribution < -0.4 is 9.47 Å². The number of hydrogen-bond donors (Lipinski definition) is 0. The molecule has 2 aromatic carbocycles. The number of carbonyl (C=O) groups is 2. The Morgan fingerprint density at radius 2 is 1.37 bits per heavy atom. The van der Waals surface area contributed by atoms with Crippen LogP contribution in [0.3, 0.4) is 0 Å². The second kappa shape index (κ2) is 14.6. The SMILES string of the molecule is CCO[Si](CCCC(=O)OC(C(=O)c1ccccc1)c1cc(OC)cc(OC)c1)(OCC)OCC. The summed E-state index contributed by atoms with van der Waals surface area (Å²) in [5, 5.41) is 0. The van der Waals surface area contributed by atoms with Gasteiger partial charge in [-0.25, -0.2) is 0 Å². The molecule has 8 nitrogen and oxygen atoms in total. The van der Waals surface area contributed by atoms with Gasteiger partial charge >= 0.3 is 14.8 Å². The Morgan fingerprint density at radius 3 is 1.86 bits per heavy atom. The summed E-state index contributed by atoms with van der Waals surface area (Å²) in [6.45, 7) is 7.04. The normalized spacial score (nSPS) is 12.1. The van der Waals surface area contributed by atoms with Gasteiger partial charge in [-0.05, 0) is 39.3 Å². The Morgan fingerprint density at radius 1 is 0.829 bits per heavy atom. The largest absolute Gasteiger partial charge is 0.500 e. The topological polar surface area (TPSA) is 89.5 Å². The van der Waals surface area contributed by atoms with Crippen molar-refractivity contribution in [3.63, 3.8) is 0 Å². The van der Waals surface area contributed by atoms with Crippen molar-refractivity contribution in [1.82, 2.24) is 0 Å². The predicted molar refractivity (Wildman–Crippen MR) is 134 cm³/mol. The Hall–Kier alpha value is -2.72.